The topological polar surface area (TPSA) is 55.6 Å². The molecule has 0 aromatic heterocycles. The molecule has 1 saturated heterocycles. The third-order valence-electron chi connectivity index (χ3n) is 3.34. The Morgan fingerprint density at radius 2 is 2.11 bits per heavy atom. The van der Waals surface area contributed by atoms with Crippen molar-refractivity contribution >= 4 is 6.09 Å². The molecule has 1 aliphatic rings. The van der Waals surface area contributed by atoms with E-state index in [-0.39, 0.29) is 6.09 Å². The molecule has 1 rings (SSSR count). The lowest BCUT2D eigenvalue weighted by Gasteiger charge is -2.38. The molecule has 1 fully saturated rings. The highest BCUT2D eigenvalue weighted by Gasteiger charge is 2.31. The second-order valence-electron chi connectivity index (χ2n) is 6.16. The summed E-state index contributed by atoms with van der Waals surface area (Å²) in [4.78, 5) is 13.7. The summed E-state index contributed by atoms with van der Waals surface area (Å²) in [5.41, 5.74) is 6.29. The van der Waals surface area contributed by atoms with Crippen molar-refractivity contribution in [3.05, 3.63) is 12.2 Å². The van der Waals surface area contributed by atoms with Crippen molar-refractivity contribution in [2.45, 2.75) is 39.7 Å². The Hall–Kier alpha value is -1.03. The van der Waals surface area contributed by atoms with Crippen LogP contribution in [0, 0.1) is 11.8 Å². The maximum Gasteiger partial charge on any atom is 0.410 e. The van der Waals surface area contributed by atoms with E-state index in [0.717, 1.165) is 25.1 Å². The molecule has 0 aromatic rings. The van der Waals surface area contributed by atoms with Gasteiger partial charge in [0.15, 0.2) is 0 Å². The molecule has 18 heavy (non-hydrogen) atoms. The molecule has 2 unspecified atom stereocenters. The molecule has 0 radical (unpaired) electrons. The summed E-state index contributed by atoms with van der Waals surface area (Å²) >= 11 is 0. The zero-order valence-electron chi connectivity index (χ0n) is 12.0. The van der Waals surface area contributed by atoms with Crippen LogP contribution in [-0.4, -0.2) is 36.2 Å². The molecule has 4 heteroatoms. The minimum absolute atomic E-state index is 0.217. The van der Waals surface area contributed by atoms with Crippen LogP contribution in [0.15, 0.2) is 12.2 Å². The minimum Gasteiger partial charge on any atom is -0.444 e. The van der Waals surface area contributed by atoms with E-state index in [1.165, 1.54) is 0 Å². The first-order chi connectivity index (χ1) is 8.24. The molecule has 0 bridgehead atoms. The van der Waals surface area contributed by atoms with Crippen molar-refractivity contribution in [1.29, 1.82) is 0 Å². The zero-order valence-corrected chi connectivity index (χ0v) is 12.0. The van der Waals surface area contributed by atoms with Crippen molar-refractivity contribution in [3.8, 4) is 0 Å². The highest BCUT2D eigenvalue weighted by molar-refractivity contribution is 5.68. The second-order valence-corrected chi connectivity index (χ2v) is 6.16. The summed E-state index contributed by atoms with van der Waals surface area (Å²) in [5.74, 6) is 0.816. The lowest BCUT2D eigenvalue weighted by atomic mass is 9.82. The number of ether oxygens (including phenoxy) is 1. The van der Waals surface area contributed by atoms with Crippen LogP contribution in [0.2, 0.25) is 0 Å². The van der Waals surface area contributed by atoms with E-state index in [4.69, 9.17) is 10.5 Å². The predicted molar refractivity (Wildman–Crippen MR) is 73.3 cm³/mol. The Bertz CT molecular complexity index is 320. The van der Waals surface area contributed by atoms with Crippen molar-refractivity contribution < 1.29 is 9.53 Å². The van der Waals surface area contributed by atoms with Gasteiger partial charge in [0.2, 0.25) is 0 Å². The van der Waals surface area contributed by atoms with Crippen LogP contribution >= 0.6 is 0 Å². The van der Waals surface area contributed by atoms with E-state index in [0.29, 0.717) is 18.4 Å². The largest absolute Gasteiger partial charge is 0.444 e. The van der Waals surface area contributed by atoms with Crippen LogP contribution in [0.1, 0.15) is 34.1 Å². The summed E-state index contributed by atoms with van der Waals surface area (Å²) in [6, 6.07) is 0. The fraction of sp³-hybridized carbons (Fsp3) is 0.786. The molecule has 1 heterocycles. The fourth-order valence-corrected chi connectivity index (χ4v) is 2.40. The van der Waals surface area contributed by atoms with E-state index in [2.05, 4.69) is 13.5 Å². The third kappa shape index (κ3) is 4.02. The van der Waals surface area contributed by atoms with Crippen molar-refractivity contribution in [2.75, 3.05) is 19.6 Å². The maximum atomic E-state index is 12.0. The first-order valence-electron chi connectivity index (χ1n) is 6.60. The Labute approximate surface area is 110 Å². The van der Waals surface area contributed by atoms with Crippen LogP contribution in [0.3, 0.4) is 0 Å². The van der Waals surface area contributed by atoms with E-state index in [1.807, 2.05) is 20.8 Å². The van der Waals surface area contributed by atoms with Gasteiger partial charge in [-0.15, -0.1) is 0 Å². The summed E-state index contributed by atoms with van der Waals surface area (Å²) < 4.78 is 5.39. The number of likely N-dealkylation sites (tertiary alicyclic amines) is 1. The molecule has 2 N–H and O–H groups in total. The average molecular weight is 254 g/mol. The average Bonchev–Trinajstić information content (AvgIpc) is 2.25. The number of piperidine rings is 1. The van der Waals surface area contributed by atoms with Crippen molar-refractivity contribution in [3.63, 3.8) is 0 Å². The summed E-state index contributed by atoms with van der Waals surface area (Å²) in [5, 5.41) is 0. The normalized spacial score (nSPS) is 24.8. The van der Waals surface area contributed by atoms with Gasteiger partial charge in [-0.05, 0) is 39.0 Å². The minimum atomic E-state index is -0.433. The second kappa shape index (κ2) is 5.74. The van der Waals surface area contributed by atoms with E-state index < -0.39 is 5.60 Å². The number of hydrogen-bond acceptors (Lipinski definition) is 3. The lowest BCUT2D eigenvalue weighted by Crippen LogP contribution is -2.45. The molecule has 0 aliphatic carbocycles. The van der Waals surface area contributed by atoms with Gasteiger partial charge in [-0.3, -0.25) is 0 Å². The van der Waals surface area contributed by atoms with Crippen LogP contribution in [-0.2, 0) is 4.74 Å². The van der Waals surface area contributed by atoms with Crippen LogP contribution < -0.4 is 5.73 Å². The zero-order chi connectivity index (χ0) is 13.9. The summed E-state index contributed by atoms with van der Waals surface area (Å²) in [7, 11) is 0. The van der Waals surface area contributed by atoms with Crippen LogP contribution in [0.4, 0.5) is 4.79 Å². The molecule has 2 atom stereocenters. The third-order valence-corrected chi connectivity index (χ3v) is 3.34. The molecular weight excluding hydrogens is 228 g/mol. The van der Waals surface area contributed by atoms with Gasteiger partial charge < -0.3 is 15.4 Å². The quantitative estimate of drug-likeness (QED) is 0.770. The molecule has 1 aliphatic heterocycles. The molecule has 104 valence electrons. The number of carbonyl (C=O) groups is 1. The van der Waals surface area contributed by atoms with E-state index in [9.17, 15) is 4.79 Å². The highest BCUT2D eigenvalue weighted by atomic mass is 16.6. The molecule has 0 aromatic carbocycles. The van der Waals surface area contributed by atoms with Gasteiger partial charge in [-0.1, -0.05) is 19.1 Å². The highest BCUT2D eigenvalue weighted by Crippen LogP contribution is 2.29. The maximum absolute atomic E-state index is 12.0. The van der Waals surface area contributed by atoms with Gasteiger partial charge >= 0.3 is 6.09 Å². The van der Waals surface area contributed by atoms with Gasteiger partial charge in [0.05, 0.1) is 0 Å². The lowest BCUT2D eigenvalue weighted by molar-refractivity contribution is 0.0136. The van der Waals surface area contributed by atoms with Gasteiger partial charge in [0.1, 0.15) is 5.60 Å². The Kier molecular flexibility index (Phi) is 4.79. The SMILES string of the molecule is C=C(CN)C1CCN(C(=O)OC(C)(C)C)CC1C. The van der Waals surface area contributed by atoms with Gasteiger partial charge in [-0.2, -0.15) is 0 Å². The molecular formula is C14H26N2O2. The van der Waals surface area contributed by atoms with Gasteiger partial charge in [0, 0.05) is 19.6 Å². The fourth-order valence-electron chi connectivity index (χ4n) is 2.40. The molecule has 0 spiro atoms. The van der Waals surface area contributed by atoms with Crippen LogP contribution in [0.25, 0.3) is 0 Å². The number of amides is 1. The van der Waals surface area contributed by atoms with Crippen molar-refractivity contribution in [2.24, 2.45) is 17.6 Å². The summed E-state index contributed by atoms with van der Waals surface area (Å²) in [6.45, 7) is 13.8. The number of nitrogens with zero attached hydrogens (tertiary/aromatic N) is 1. The first kappa shape index (κ1) is 15.0. The van der Waals surface area contributed by atoms with E-state index >= 15 is 0 Å². The van der Waals surface area contributed by atoms with Crippen LogP contribution in [0.5, 0.6) is 0 Å². The Morgan fingerprint density at radius 1 is 1.50 bits per heavy atom. The number of hydrogen-bond donors (Lipinski definition) is 1. The number of carbonyl (C=O) groups excluding carboxylic acids is 1. The Balaban J connectivity index is 2.55. The Morgan fingerprint density at radius 3 is 2.56 bits per heavy atom. The molecule has 1 amide bonds. The van der Waals surface area contributed by atoms with Gasteiger partial charge in [0.25, 0.3) is 0 Å². The molecule has 4 nitrogen and oxygen atoms in total. The number of rotatable bonds is 2. The first-order valence-corrected chi connectivity index (χ1v) is 6.60. The van der Waals surface area contributed by atoms with E-state index in [1.54, 1.807) is 4.90 Å². The van der Waals surface area contributed by atoms with Gasteiger partial charge in [-0.25, -0.2) is 4.79 Å². The monoisotopic (exact) mass is 254 g/mol. The number of nitrogens with two attached hydrogens (primary N) is 1. The summed E-state index contributed by atoms with van der Waals surface area (Å²) in [6.07, 6.45) is 0.711. The predicted octanol–water partition coefficient (Wildman–Crippen LogP) is 2.39. The smallest absolute Gasteiger partial charge is 0.410 e. The standard InChI is InChI=1S/C14H26N2O2/c1-10(8-15)12-6-7-16(9-11(12)2)13(17)18-14(3,4)5/h11-12H,1,6-9,15H2,2-5H3. The molecule has 0 saturated carbocycles. The van der Waals surface area contributed by atoms with Crippen molar-refractivity contribution in [1.82, 2.24) is 4.90 Å².